The summed E-state index contributed by atoms with van der Waals surface area (Å²) < 4.78 is 19.4. The highest BCUT2D eigenvalue weighted by Crippen LogP contribution is 2.29. The summed E-state index contributed by atoms with van der Waals surface area (Å²) in [6.45, 7) is 1.24. The minimum atomic E-state index is -0.263. The number of piperidine rings is 1. The summed E-state index contributed by atoms with van der Waals surface area (Å²) in [5.41, 5.74) is 1.32. The number of carbonyl (C=O) groups excluding carboxylic acids is 1. The van der Waals surface area contributed by atoms with Crippen molar-refractivity contribution in [1.82, 2.24) is 14.9 Å². The molecule has 0 bridgehead atoms. The number of pyridine rings is 1. The van der Waals surface area contributed by atoms with Gasteiger partial charge in [0.05, 0.1) is 12.1 Å². The molecule has 0 radical (unpaired) electrons. The van der Waals surface area contributed by atoms with Crippen LogP contribution in [0.1, 0.15) is 46.5 Å². The summed E-state index contributed by atoms with van der Waals surface area (Å²) in [6.07, 6.45) is 5.66. The van der Waals surface area contributed by atoms with Crippen LogP contribution in [0.4, 0.5) is 4.39 Å². The van der Waals surface area contributed by atoms with Crippen molar-refractivity contribution in [2.24, 2.45) is 0 Å². The minimum Gasteiger partial charge on any atom is -0.445 e. The number of halogens is 1. The van der Waals surface area contributed by atoms with Gasteiger partial charge in [0.25, 0.3) is 5.91 Å². The monoisotopic (exact) mass is 415 g/mol. The van der Waals surface area contributed by atoms with E-state index < -0.39 is 0 Å². The van der Waals surface area contributed by atoms with Gasteiger partial charge in [-0.05, 0) is 42.0 Å². The Bertz CT molecular complexity index is 1230. The quantitative estimate of drug-likeness (QED) is 0.472. The molecule has 2 aromatic carbocycles. The first-order valence-electron chi connectivity index (χ1n) is 10.5. The van der Waals surface area contributed by atoms with Crippen LogP contribution in [-0.4, -0.2) is 33.9 Å². The van der Waals surface area contributed by atoms with Crippen LogP contribution >= 0.6 is 0 Å². The molecule has 0 saturated carbocycles. The first kappa shape index (κ1) is 19.4. The molecule has 1 amide bonds. The van der Waals surface area contributed by atoms with Crippen molar-refractivity contribution in [3.63, 3.8) is 0 Å². The molecule has 0 unspecified atom stereocenters. The van der Waals surface area contributed by atoms with Crippen LogP contribution in [0.2, 0.25) is 0 Å². The van der Waals surface area contributed by atoms with E-state index in [4.69, 9.17) is 4.42 Å². The third kappa shape index (κ3) is 4.06. The molecule has 0 aliphatic carbocycles. The van der Waals surface area contributed by atoms with Crippen molar-refractivity contribution in [1.29, 1.82) is 0 Å². The van der Waals surface area contributed by atoms with Crippen molar-refractivity contribution >= 4 is 16.7 Å². The molecule has 1 aliphatic heterocycles. The summed E-state index contributed by atoms with van der Waals surface area (Å²) in [5.74, 6) is 1.04. The SMILES string of the molecule is O=C(c1nccc2ccccc12)N1CCC[C@H](c2ncc(Cc3cccc(F)c3)o2)C1. The Balaban J connectivity index is 1.32. The average molecular weight is 415 g/mol. The first-order chi connectivity index (χ1) is 15.2. The van der Waals surface area contributed by atoms with Crippen LogP contribution in [0, 0.1) is 5.82 Å². The predicted molar refractivity (Wildman–Crippen MR) is 115 cm³/mol. The lowest BCUT2D eigenvalue weighted by Crippen LogP contribution is -2.39. The van der Waals surface area contributed by atoms with Gasteiger partial charge in [0.2, 0.25) is 0 Å². The third-order valence-electron chi connectivity index (χ3n) is 5.77. The number of likely N-dealkylation sites (tertiary alicyclic amines) is 1. The van der Waals surface area contributed by atoms with Crippen molar-refractivity contribution in [3.8, 4) is 0 Å². The van der Waals surface area contributed by atoms with Gasteiger partial charge in [0.1, 0.15) is 17.3 Å². The first-order valence-corrected chi connectivity index (χ1v) is 10.5. The lowest BCUT2D eigenvalue weighted by Gasteiger charge is -2.31. The van der Waals surface area contributed by atoms with Crippen LogP contribution in [0.15, 0.2) is 71.4 Å². The van der Waals surface area contributed by atoms with E-state index in [1.807, 2.05) is 41.3 Å². The minimum absolute atomic E-state index is 0.0361. The fourth-order valence-corrected chi connectivity index (χ4v) is 4.24. The number of fused-ring (bicyclic) bond motifs is 1. The number of nitrogens with zero attached hydrogens (tertiary/aromatic N) is 3. The van der Waals surface area contributed by atoms with E-state index in [0.717, 1.165) is 29.2 Å². The van der Waals surface area contributed by atoms with Crippen molar-refractivity contribution in [3.05, 3.63) is 95.7 Å². The Morgan fingerprint density at radius 2 is 2.03 bits per heavy atom. The molecule has 1 atom stereocenters. The lowest BCUT2D eigenvalue weighted by molar-refractivity contribution is 0.0694. The summed E-state index contributed by atoms with van der Waals surface area (Å²) >= 11 is 0. The zero-order valence-electron chi connectivity index (χ0n) is 17.0. The summed E-state index contributed by atoms with van der Waals surface area (Å²) in [5, 5.41) is 1.87. The van der Waals surface area contributed by atoms with E-state index in [1.165, 1.54) is 12.1 Å². The van der Waals surface area contributed by atoms with Gasteiger partial charge >= 0.3 is 0 Å². The molecule has 4 aromatic rings. The molecule has 0 N–H and O–H groups in total. The summed E-state index contributed by atoms with van der Waals surface area (Å²) in [4.78, 5) is 23.9. The number of rotatable bonds is 4. The number of oxazole rings is 1. The number of aromatic nitrogens is 2. The molecule has 5 rings (SSSR count). The average Bonchev–Trinajstić information content (AvgIpc) is 3.27. The van der Waals surface area contributed by atoms with Crippen LogP contribution in [0.25, 0.3) is 10.8 Å². The highest BCUT2D eigenvalue weighted by atomic mass is 19.1. The Hall–Kier alpha value is -3.54. The van der Waals surface area contributed by atoms with Gasteiger partial charge in [0, 0.05) is 31.1 Å². The number of hydrogen-bond donors (Lipinski definition) is 0. The molecule has 1 aliphatic rings. The predicted octanol–water partition coefficient (Wildman–Crippen LogP) is 4.97. The Labute approximate surface area is 179 Å². The van der Waals surface area contributed by atoms with Gasteiger partial charge in [-0.25, -0.2) is 9.37 Å². The standard InChI is InChI=1S/C25H22FN3O2/c26-20-8-3-5-17(13-20)14-21-15-28-24(31-21)19-7-4-12-29(16-19)25(30)23-22-9-2-1-6-18(22)10-11-27-23/h1-3,5-6,8-11,13,15,19H,4,7,12,14,16H2/t19-/m0/s1. The Morgan fingerprint density at radius 1 is 1.13 bits per heavy atom. The molecule has 0 spiro atoms. The van der Waals surface area contributed by atoms with Crippen LogP contribution in [0.3, 0.4) is 0 Å². The Kier molecular flexibility index (Phi) is 5.20. The fourth-order valence-electron chi connectivity index (χ4n) is 4.24. The Morgan fingerprint density at radius 3 is 2.94 bits per heavy atom. The molecule has 31 heavy (non-hydrogen) atoms. The molecule has 6 heteroatoms. The highest BCUT2D eigenvalue weighted by Gasteiger charge is 2.29. The van der Waals surface area contributed by atoms with Gasteiger partial charge in [-0.1, -0.05) is 36.4 Å². The second kappa shape index (κ2) is 8.30. The molecule has 1 fully saturated rings. The number of hydrogen-bond acceptors (Lipinski definition) is 4. The maximum atomic E-state index is 13.4. The van der Waals surface area contributed by atoms with Gasteiger partial charge in [-0.2, -0.15) is 0 Å². The van der Waals surface area contributed by atoms with Gasteiger partial charge in [-0.3, -0.25) is 9.78 Å². The van der Waals surface area contributed by atoms with Crippen molar-refractivity contribution < 1.29 is 13.6 Å². The molecule has 3 heterocycles. The molecule has 156 valence electrons. The summed E-state index contributed by atoms with van der Waals surface area (Å²) in [7, 11) is 0. The van der Waals surface area contributed by atoms with Crippen LogP contribution in [0.5, 0.6) is 0 Å². The molecule has 1 saturated heterocycles. The number of amides is 1. The van der Waals surface area contributed by atoms with Gasteiger partial charge in [0.15, 0.2) is 5.89 Å². The van der Waals surface area contributed by atoms with E-state index in [-0.39, 0.29) is 17.6 Å². The zero-order chi connectivity index (χ0) is 21.2. The van der Waals surface area contributed by atoms with E-state index in [2.05, 4.69) is 9.97 Å². The maximum absolute atomic E-state index is 13.4. The van der Waals surface area contributed by atoms with Gasteiger partial charge in [-0.15, -0.1) is 0 Å². The smallest absolute Gasteiger partial charge is 0.273 e. The van der Waals surface area contributed by atoms with Crippen LogP contribution in [-0.2, 0) is 6.42 Å². The molecule has 2 aromatic heterocycles. The molecular formula is C25H22FN3O2. The maximum Gasteiger partial charge on any atom is 0.273 e. The van der Waals surface area contributed by atoms with Gasteiger partial charge < -0.3 is 9.32 Å². The fraction of sp³-hybridized carbons (Fsp3) is 0.240. The lowest BCUT2D eigenvalue weighted by atomic mass is 9.97. The van der Waals surface area contributed by atoms with E-state index in [9.17, 15) is 9.18 Å². The third-order valence-corrected chi connectivity index (χ3v) is 5.77. The second-order valence-corrected chi connectivity index (χ2v) is 7.94. The van der Waals surface area contributed by atoms with Crippen molar-refractivity contribution in [2.45, 2.75) is 25.2 Å². The zero-order valence-corrected chi connectivity index (χ0v) is 17.0. The van der Waals surface area contributed by atoms with Crippen molar-refractivity contribution in [2.75, 3.05) is 13.1 Å². The molecular weight excluding hydrogens is 393 g/mol. The highest BCUT2D eigenvalue weighted by molar-refractivity contribution is 6.05. The van der Waals surface area contributed by atoms with E-state index in [1.54, 1.807) is 18.5 Å². The number of carbonyl (C=O) groups is 1. The molecule has 5 nitrogen and oxygen atoms in total. The van der Waals surface area contributed by atoms with E-state index >= 15 is 0 Å². The normalized spacial score (nSPS) is 16.5. The van der Waals surface area contributed by atoms with Crippen LogP contribution < -0.4 is 0 Å². The van der Waals surface area contributed by atoms with E-state index in [0.29, 0.717) is 36.9 Å². The topological polar surface area (TPSA) is 59.2 Å². The number of benzene rings is 2. The largest absolute Gasteiger partial charge is 0.445 e. The second-order valence-electron chi connectivity index (χ2n) is 7.94. The summed E-state index contributed by atoms with van der Waals surface area (Å²) in [6, 6.07) is 16.2.